The van der Waals surface area contributed by atoms with E-state index in [2.05, 4.69) is 50.3 Å². The highest BCUT2D eigenvalue weighted by atomic mass is 32.2. The average molecular weight is 486 g/mol. The van der Waals surface area contributed by atoms with Gasteiger partial charge in [-0.3, -0.25) is 4.90 Å². The number of benzene rings is 1. The van der Waals surface area contributed by atoms with Crippen LogP contribution in [-0.4, -0.2) is 66.4 Å². The van der Waals surface area contributed by atoms with Crippen LogP contribution in [0, 0.1) is 4.78 Å². The van der Waals surface area contributed by atoms with Crippen molar-refractivity contribution in [3.05, 3.63) is 47.5 Å². The Hall–Kier alpha value is -2.63. The number of carbonyl (C=O) groups excluding carboxylic acids is 1. The van der Waals surface area contributed by atoms with E-state index in [1.54, 1.807) is 16.2 Å². The van der Waals surface area contributed by atoms with Crippen LogP contribution in [0.5, 0.6) is 0 Å². The van der Waals surface area contributed by atoms with Crippen molar-refractivity contribution < 1.29 is 9.00 Å². The molecule has 1 spiro atoms. The molecule has 2 N–H and O–H groups in total. The number of piperidine rings is 1. The fraction of sp³-hybridized carbons (Fsp3) is 0.455. The molecule has 0 bridgehead atoms. The molecule has 0 radical (unpaired) electrons. The van der Waals surface area contributed by atoms with Crippen LogP contribution in [0.15, 0.2) is 41.0 Å². The quantitative estimate of drug-likeness (QED) is 0.573. The average Bonchev–Trinajstić information content (AvgIpc) is 3.37. The molecule has 5 rings (SSSR count). The first-order chi connectivity index (χ1) is 15.7. The third-order valence-electron chi connectivity index (χ3n) is 6.76. The van der Waals surface area contributed by atoms with E-state index in [-0.39, 0.29) is 11.6 Å². The number of nitrogens with one attached hydrogen (secondary N) is 2. The molecule has 4 heterocycles. The number of hydrogen-bond acceptors (Lipinski definition) is 8. The summed E-state index contributed by atoms with van der Waals surface area (Å²) in [5.41, 5.74) is 3.97. The SMILES string of the molecule is C[C@@H](c1ccc2scnc2c1)N1CCC2(CC1)CN(Cc1ncc([S@](C)(=N)=O)cn1)C(=O)N2. The zero-order valence-electron chi connectivity index (χ0n) is 18.7. The maximum absolute atomic E-state index is 12.7. The van der Waals surface area contributed by atoms with Gasteiger partial charge < -0.3 is 10.2 Å². The van der Waals surface area contributed by atoms with E-state index in [1.807, 2.05) is 5.51 Å². The van der Waals surface area contributed by atoms with Crippen LogP contribution in [0.4, 0.5) is 4.79 Å². The van der Waals surface area contributed by atoms with Crippen LogP contribution >= 0.6 is 11.3 Å². The molecule has 0 saturated carbocycles. The number of carbonyl (C=O) groups is 1. The van der Waals surface area contributed by atoms with E-state index in [0.717, 1.165) is 31.4 Å². The Morgan fingerprint density at radius 2 is 1.97 bits per heavy atom. The Labute approximate surface area is 197 Å². The molecule has 2 saturated heterocycles. The summed E-state index contributed by atoms with van der Waals surface area (Å²) >= 11 is 1.66. The Morgan fingerprint density at radius 1 is 1.24 bits per heavy atom. The fourth-order valence-corrected chi connectivity index (χ4v) is 5.84. The summed E-state index contributed by atoms with van der Waals surface area (Å²) in [6, 6.07) is 6.72. The number of fused-ring (bicyclic) bond motifs is 1. The van der Waals surface area contributed by atoms with E-state index in [9.17, 15) is 9.00 Å². The molecule has 33 heavy (non-hydrogen) atoms. The first-order valence-corrected chi connectivity index (χ1v) is 13.8. The number of aromatic nitrogens is 3. The first kappa shape index (κ1) is 22.2. The molecular weight excluding hydrogens is 458 g/mol. The Balaban J connectivity index is 1.21. The summed E-state index contributed by atoms with van der Waals surface area (Å²) in [5, 5.41) is 3.22. The molecular formula is C22H27N7O2S2. The lowest BCUT2D eigenvalue weighted by Crippen LogP contribution is -2.52. The predicted octanol–water partition coefficient (Wildman–Crippen LogP) is 3.24. The molecule has 2 aromatic heterocycles. The first-order valence-electron chi connectivity index (χ1n) is 10.9. The third-order valence-corrected chi connectivity index (χ3v) is 8.68. The van der Waals surface area contributed by atoms with Crippen LogP contribution in [0.3, 0.4) is 0 Å². The standard InChI is InChI=1S/C22H27N7O2S2/c1-15(16-3-4-19-18(9-16)26-14-32-19)28-7-5-22(6-8-28)13-29(21(30)27-22)12-20-24-10-17(11-25-20)33(2,23)31/h3-4,9-11,14-15,23H,5-8,12-13H2,1-2H3,(H,27,30)/t15-,33+/m0/s1. The van der Waals surface area contributed by atoms with Gasteiger partial charge in [0.2, 0.25) is 0 Å². The zero-order chi connectivity index (χ0) is 23.2. The maximum Gasteiger partial charge on any atom is 0.318 e. The highest BCUT2D eigenvalue weighted by Gasteiger charge is 2.45. The molecule has 174 valence electrons. The fourth-order valence-electron chi connectivity index (χ4n) is 4.67. The lowest BCUT2D eigenvalue weighted by atomic mass is 9.87. The van der Waals surface area contributed by atoms with Crippen molar-refractivity contribution in [2.75, 3.05) is 25.9 Å². The summed E-state index contributed by atoms with van der Waals surface area (Å²) in [5.74, 6) is 0.484. The second kappa shape index (κ2) is 8.30. The van der Waals surface area contributed by atoms with Gasteiger partial charge >= 0.3 is 6.03 Å². The summed E-state index contributed by atoms with van der Waals surface area (Å²) < 4.78 is 20.6. The predicted molar refractivity (Wildman–Crippen MR) is 128 cm³/mol. The summed E-state index contributed by atoms with van der Waals surface area (Å²) in [7, 11) is -2.85. The smallest absolute Gasteiger partial charge is 0.318 e. The van der Waals surface area contributed by atoms with Gasteiger partial charge in [0.1, 0.15) is 5.82 Å². The Morgan fingerprint density at radius 3 is 2.67 bits per heavy atom. The van der Waals surface area contributed by atoms with E-state index in [1.165, 1.54) is 28.9 Å². The number of thiazole rings is 1. The number of rotatable bonds is 5. The van der Waals surface area contributed by atoms with Crippen LogP contribution in [0.25, 0.3) is 10.2 Å². The topological polar surface area (TPSA) is 115 Å². The molecule has 11 heteroatoms. The Kier molecular flexibility index (Phi) is 5.58. The zero-order valence-corrected chi connectivity index (χ0v) is 20.3. The van der Waals surface area contributed by atoms with Crippen molar-refractivity contribution in [2.24, 2.45) is 0 Å². The summed E-state index contributed by atoms with van der Waals surface area (Å²) in [6.07, 6.45) is 5.95. The number of nitrogens with zero attached hydrogens (tertiary/aromatic N) is 5. The van der Waals surface area contributed by atoms with Crippen LogP contribution < -0.4 is 5.32 Å². The van der Waals surface area contributed by atoms with Crippen molar-refractivity contribution in [3.8, 4) is 0 Å². The van der Waals surface area contributed by atoms with E-state index >= 15 is 0 Å². The van der Waals surface area contributed by atoms with E-state index < -0.39 is 9.73 Å². The number of hydrogen-bond donors (Lipinski definition) is 2. The van der Waals surface area contributed by atoms with Crippen LogP contribution in [-0.2, 0) is 16.3 Å². The monoisotopic (exact) mass is 485 g/mol. The minimum Gasteiger partial charge on any atom is -0.331 e. The van der Waals surface area contributed by atoms with E-state index in [0.29, 0.717) is 29.9 Å². The largest absolute Gasteiger partial charge is 0.331 e. The second-order valence-corrected chi connectivity index (χ2v) is 12.1. The molecule has 2 fully saturated rings. The lowest BCUT2D eigenvalue weighted by Gasteiger charge is -2.41. The normalized spacial score (nSPS) is 21.3. The highest BCUT2D eigenvalue weighted by molar-refractivity contribution is 7.91. The molecule has 3 aromatic rings. The van der Waals surface area contributed by atoms with Crippen LogP contribution in [0.1, 0.15) is 37.2 Å². The molecule has 9 nitrogen and oxygen atoms in total. The Bertz CT molecular complexity index is 1280. The number of amides is 2. The van der Waals surface area contributed by atoms with Crippen molar-refractivity contribution in [2.45, 2.75) is 42.8 Å². The third kappa shape index (κ3) is 4.44. The van der Waals surface area contributed by atoms with Gasteiger partial charge in [-0.25, -0.2) is 28.7 Å². The minimum absolute atomic E-state index is 0.0991. The molecule has 2 aliphatic rings. The number of urea groups is 1. The molecule has 2 aliphatic heterocycles. The van der Waals surface area contributed by atoms with Crippen molar-refractivity contribution in [1.82, 2.24) is 30.1 Å². The molecule has 0 aliphatic carbocycles. The second-order valence-electron chi connectivity index (χ2n) is 9.04. The molecule has 2 amide bonds. The van der Waals surface area contributed by atoms with Crippen molar-refractivity contribution in [3.63, 3.8) is 0 Å². The van der Waals surface area contributed by atoms with Crippen molar-refractivity contribution >= 4 is 37.3 Å². The van der Waals surface area contributed by atoms with Crippen LogP contribution in [0.2, 0.25) is 0 Å². The highest BCUT2D eigenvalue weighted by Crippen LogP contribution is 2.33. The molecule has 0 unspecified atom stereocenters. The molecule has 2 atom stereocenters. The number of likely N-dealkylation sites (tertiary alicyclic amines) is 1. The van der Waals surface area contributed by atoms with Gasteiger partial charge in [-0.1, -0.05) is 6.07 Å². The lowest BCUT2D eigenvalue weighted by molar-refractivity contribution is 0.115. The van der Waals surface area contributed by atoms with Gasteiger partial charge in [-0.2, -0.15) is 0 Å². The van der Waals surface area contributed by atoms with Gasteiger partial charge in [0, 0.05) is 44.3 Å². The summed E-state index contributed by atoms with van der Waals surface area (Å²) in [4.78, 5) is 30.1. The molecule has 1 aromatic carbocycles. The maximum atomic E-state index is 12.7. The van der Waals surface area contributed by atoms with E-state index in [4.69, 9.17) is 4.78 Å². The van der Waals surface area contributed by atoms with Gasteiger partial charge in [0.15, 0.2) is 0 Å². The van der Waals surface area contributed by atoms with Gasteiger partial charge in [-0.05, 0) is 37.5 Å². The minimum atomic E-state index is -2.85. The van der Waals surface area contributed by atoms with Gasteiger partial charge in [0.05, 0.1) is 42.4 Å². The summed E-state index contributed by atoms with van der Waals surface area (Å²) in [6.45, 7) is 4.96. The van der Waals surface area contributed by atoms with Gasteiger partial charge in [-0.15, -0.1) is 11.3 Å². The van der Waals surface area contributed by atoms with Gasteiger partial charge in [0.25, 0.3) is 0 Å². The van der Waals surface area contributed by atoms with Crippen molar-refractivity contribution in [1.29, 1.82) is 4.78 Å².